The Balaban J connectivity index is 2.13. The highest BCUT2D eigenvalue weighted by Gasteiger charge is 2.05. The monoisotopic (exact) mass is 309 g/mol. The summed E-state index contributed by atoms with van der Waals surface area (Å²) in [7, 11) is 0. The first-order chi connectivity index (χ1) is 8.56. The molecule has 2 aromatic rings. The molecule has 1 heterocycles. The molecule has 0 aliphatic rings. The van der Waals surface area contributed by atoms with Gasteiger partial charge in [0, 0.05) is 11.9 Å². The van der Waals surface area contributed by atoms with Crippen LogP contribution in [0.1, 0.15) is 17.1 Å². The lowest BCUT2D eigenvalue weighted by Crippen LogP contribution is -2.04. The van der Waals surface area contributed by atoms with Gasteiger partial charge in [-0.15, -0.1) is 0 Å². The minimum Gasteiger partial charge on any atom is -0.379 e. The van der Waals surface area contributed by atoms with Gasteiger partial charge in [-0.05, 0) is 53.5 Å². The van der Waals surface area contributed by atoms with Gasteiger partial charge in [-0.1, -0.05) is 0 Å². The first kappa shape index (κ1) is 13.0. The molecule has 0 amide bonds. The smallest absolute Gasteiger partial charge is 0.137 e. The van der Waals surface area contributed by atoms with E-state index in [1.165, 1.54) is 6.07 Å². The third-order valence-corrected chi connectivity index (χ3v) is 3.17. The van der Waals surface area contributed by atoms with E-state index in [0.29, 0.717) is 11.0 Å². The molecule has 0 bridgehead atoms. The third kappa shape index (κ3) is 3.04. The van der Waals surface area contributed by atoms with E-state index in [1.807, 2.05) is 19.9 Å². The lowest BCUT2D eigenvalue weighted by Gasteiger charge is -2.10. The van der Waals surface area contributed by atoms with E-state index in [1.54, 1.807) is 12.3 Å². The summed E-state index contributed by atoms with van der Waals surface area (Å²) in [5, 5.41) is 3.24. The number of rotatable bonds is 3. The zero-order valence-corrected chi connectivity index (χ0v) is 11.8. The van der Waals surface area contributed by atoms with Crippen molar-refractivity contribution in [2.45, 2.75) is 20.4 Å². The van der Waals surface area contributed by atoms with E-state index in [-0.39, 0.29) is 5.82 Å². The van der Waals surface area contributed by atoms with Gasteiger partial charge >= 0.3 is 0 Å². The summed E-state index contributed by atoms with van der Waals surface area (Å²) in [6.07, 6.45) is 1.73. The Hall–Kier alpha value is -1.49. The van der Waals surface area contributed by atoms with E-state index < -0.39 is 0 Å². The molecular formula is C13H13BrFN3. The highest BCUT2D eigenvalue weighted by molar-refractivity contribution is 9.10. The number of anilines is 1. The van der Waals surface area contributed by atoms with Gasteiger partial charge in [-0.2, -0.15) is 0 Å². The number of halogens is 2. The fourth-order valence-corrected chi connectivity index (χ4v) is 1.97. The number of hydrogen-bond acceptors (Lipinski definition) is 3. The Morgan fingerprint density at radius 2 is 2.11 bits per heavy atom. The second kappa shape index (κ2) is 5.44. The quantitative estimate of drug-likeness (QED) is 0.941. The van der Waals surface area contributed by atoms with Gasteiger partial charge in [0.2, 0.25) is 0 Å². The summed E-state index contributed by atoms with van der Waals surface area (Å²) >= 11 is 3.18. The SMILES string of the molecule is Cc1nccc(CNc2cc(Br)c(F)cc2C)n1. The van der Waals surface area contributed by atoms with Crippen molar-refractivity contribution < 1.29 is 4.39 Å². The molecule has 1 aromatic carbocycles. The highest BCUT2D eigenvalue weighted by atomic mass is 79.9. The van der Waals surface area contributed by atoms with Crippen molar-refractivity contribution in [2.75, 3.05) is 5.32 Å². The number of aryl methyl sites for hydroxylation is 2. The number of nitrogens with zero attached hydrogens (tertiary/aromatic N) is 2. The Kier molecular flexibility index (Phi) is 3.91. The number of aromatic nitrogens is 2. The Bertz CT molecular complexity index is 572. The lowest BCUT2D eigenvalue weighted by molar-refractivity contribution is 0.620. The Labute approximate surface area is 114 Å². The third-order valence-electron chi connectivity index (χ3n) is 2.56. The molecule has 1 aromatic heterocycles. The average molecular weight is 310 g/mol. The second-order valence-electron chi connectivity index (χ2n) is 4.03. The van der Waals surface area contributed by atoms with Crippen molar-refractivity contribution in [1.29, 1.82) is 0 Å². The van der Waals surface area contributed by atoms with E-state index in [9.17, 15) is 4.39 Å². The molecule has 1 N–H and O–H groups in total. The maximum atomic E-state index is 13.3. The van der Waals surface area contributed by atoms with Crippen molar-refractivity contribution in [1.82, 2.24) is 9.97 Å². The van der Waals surface area contributed by atoms with Crippen LogP contribution in [0.15, 0.2) is 28.9 Å². The molecule has 0 spiro atoms. The van der Waals surface area contributed by atoms with Gasteiger partial charge in [0.25, 0.3) is 0 Å². The molecule has 0 saturated carbocycles. The molecule has 0 aliphatic carbocycles. The largest absolute Gasteiger partial charge is 0.379 e. The minimum atomic E-state index is -0.254. The molecule has 2 rings (SSSR count). The lowest BCUT2D eigenvalue weighted by atomic mass is 10.2. The van der Waals surface area contributed by atoms with Gasteiger partial charge < -0.3 is 5.32 Å². The van der Waals surface area contributed by atoms with E-state index in [4.69, 9.17) is 0 Å². The molecular weight excluding hydrogens is 297 g/mol. The molecule has 0 fully saturated rings. The number of hydrogen-bond donors (Lipinski definition) is 1. The van der Waals surface area contributed by atoms with Crippen LogP contribution in [-0.2, 0) is 6.54 Å². The molecule has 0 unspecified atom stereocenters. The molecule has 18 heavy (non-hydrogen) atoms. The molecule has 0 saturated heterocycles. The molecule has 0 atom stereocenters. The Morgan fingerprint density at radius 1 is 1.33 bits per heavy atom. The summed E-state index contributed by atoms with van der Waals surface area (Å²) in [6.45, 7) is 4.30. The fraction of sp³-hybridized carbons (Fsp3) is 0.231. The van der Waals surface area contributed by atoms with Crippen LogP contribution >= 0.6 is 15.9 Å². The predicted molar refractivity (Wildman–Crippen MR) is 72.9 cm³/mol. The summed E-state index contributed by atoms with van der Waals surface area (Å²) in [5.41, 5.74) is 2.66. The molecule has 3 nitrogen and oxygen atoms in total. The van der Waals surface area contributed by atoms with Crippen LogP contribution in [-0.4, -0.2) is 9.97 Å². The van der Waals surface area contributed by atoms with Crippen LogP contribution in [0.5, 0.6) is 0 Å². The van der Waals surface area contributed by atoms with Gasteiger partial charge in [0.05, 0.1) is 16.7 Å². The van der Waals surface area contributed by atoms with Crippen LogP contribution in [0.2, 0.25) is 0 Å². The van der Waals surface area contributed by atoms with Crippen molar-refractivity contribution in [3.8, 4) is 0 Å². The zero-order valence-electron chi connectivity index (χ0n) is 10.2. The van der Waals surface area contributed by atoms with Crippen molar-refractivity contribution in [2.24, 2.45) is 0 Å². The van der Waals surface area contributed by atoms with Crippen LogP contribution < -0.4 is 5.32 Å². The molecule has 5 heteroatoms. The standard InChI is InChI=1S/C13H13BrFN3/c1-8-5-12(15)11(14)6-13(8)17-7-10-3-4-16-9(2)18-10/h3-6,17H,7H2,1-2H3. The molecule has 0 aliphatic heterocycles. The second-order valence-corrected chi connectivity index (χ2v) is 4.88. The predicted octanol–water partition coefficient (Wildman–Crippen LogP) is 3.61. The van der Waals surface area contributed by atoms with Crippen molar-refractivity contribution >= 4 is 21.6 Å². The van der Waals surface area contributed by atoms with E-state index in [2.05, 4.69) is 31.2 Å². The van der Waals surface area contributed by atoms with Crippen molar-refractivity contribution in [3.05, 3.63) is 51.8 Å². The first-order valence-electron chi connectivity index (χ1n) is 5.54. The van der Waals surface area contributed by atoms with Crippen LogP contribution in [0.3, 0.4) is 0 Å². The zero-order chi connectivity index (χ0) is 13.1. The van der Waals surface area contributed by atoms with Gasteiger partial charge in [0.15, 0.2) is 0 Å². The summed E-state index contributed by atoms with van der Waals surface area (Å²) < 4.78 is 13.7. The highest BCUT2D eigenvalue weighted by Crippen LogP contribution is 2.24. The Morgan fingerprint density at radius 3 is 2.83 bits per heavy atom. The van der Waals surface area contributed by atoms with Gasteiger partial charge in [-0.3, -0.25) is 0 Å². The number of nitrogens with one attached hydrogen (secondary N) is 1. The van der Waals surface area contributed by atoms with Crippen LogP contribution in [0.25, 0.3) is 0 Å². The number of benzene rings is 1. The molecule has 94 valence electrons. The minimum absolute atomic E-state index is 0.254. The first-order valence-corrected chi connectivity index (χ1v) is 6.33. The van der Waals surface area contributed by atoms with E-state index >= 15 is 0 Å². The summed E-state index contributed by atoms with van der Waals surface area (Å²) in [4.78, 5) is 8.34. The summed E-state index contributed by atoms with van der Waals surface area (Å²) in [6, 6.07) is 5.09. The van der Waals surface area contributed by atoms with Gasteiger partial charge in [0.1, 0.15) is 11.6 Å². The van der Waals surface area contributed by atoms with Gasteiger partial charge in [-0.25, -0.2) is 14.4 Å². The maximum Gasteiger partial charge on any atom is 0.137 e. The fourth-order valence-electron chi connectivity index (χ4n) is 1.63. The maximum absolute atomic E-state index is 13.3. The van der Waals surface area contributed by atoms with Crippen LogP contribution in [0, 0.1) is 19.7 Å². The average Bonchev–Trinajstić information content (AvgIpc) is 2.32. The topological polar surface area (TPSA) is 37.8 Å². The van der Waals surface area contributed by atoms with E-state index in [0.717, 1.165) is 22.8 Å². The van der Waals surface area contributed by atoms with Crippen molar-refractivity contribution in [3.63, 3.8) is 0 Å². The molecule has 0 radical (unpaired) electrons. The van der Waals surface area contributed by atoms with Crippen LogP contribution in [0.4, 0.5) is 10.1 Å². The summed E-state index contributed by atoms with van der Waals surface area (Å²) in [5.74, 6) is 0.488. The normalized spacial score (nSPS) is 10.4.